The van der Waals surface area contributed by atoms with E-state index in [2.05, 4.69) is 10.6 Å². The zero-order chi connectivity index (χ0) is 15.8. The Morgan fingerprint density at radius 1 is 1.55 bits per heavy atom. The Balaban J connectivity index is 0.00000441. The maximum atomic E-state index is 11.7. The molecule has 5 N–H and O–H groups in total. The number of carbonyl (C=O) groups is 2. The van der Waals surface area contributed by atoms with Crippen LogP contribution in [0.15, 0.2) is 0 Å². The first kappa shape index (κ1) is 21.1. The maximum Gasteiger partial charge on any atom is 0.250 e. The number of carbonyl (C=O) groups excluding carboxylic acids is 2. The van der Waals surface area contributed by atoms with Gasteiger partial charge in [0.05, 0.1) is 6.61 Å². The van der Waals surface area contributed by atoms with Gasteiger partial charge in [0.2, 0.25) is 5.91 Å². The van der Waals surface area contributed by atoms with Crippen LogP contribution in [0.25, 0.3) is 0 Å². The van der Waals surface area contributed by atoms with Crippen LogP contribution in [0.2, 0.25) is 0 Å². The van der Waals surface area contributed by atoms with Gasteiger partial charge in [0.25, 0.3) is 5.91 Å². The smallest absolute Gasteiger partial charge is 0.250 e. The molecular formula is C14H28ClN3O4. The van der Waals surface area contributed by atoms with Crippen molar-refractivity contribution in [2.45, 2.75) is 38.8 Å². The number of halogens is 1. The summed E-state index contributed by atoms with van der Waals surface area (Å²) in [5.74, 6) is -0.344. The molecule has 0 saturated carbocycles. The summed E-state index contributed by atoms with van der Waals surface area (Å²) in [6, 6.07) is -0.740. The van der Waals surface area contributed by atoms with E-state index >= 15 is 0 Å². The molecule has 1 heterocycles. The largest absolute Gasteiger partial charge is 0.382 e. The van der Waals surface area contributed by atoms with Crippen molar-refractivity contribution < 1.29 is 19.4 Å². The molecule has 8 heteroatoms. The molecule has 2 unspecified atom stereocenters. The van der Waals surface area contributed by atoms with Crippen molar-refractivity contribution in [1.82, 2.24) is 10.6 Å². The molecule has 0 aliphatic carbocycles. The normalized spacial score (nSPS) is 20.2. The van der Waals surface area contributed by atoms with Crippen LogP contribution in [0.5, 0.6) is 0 Å². The van der Waals surface area contributed by atoms with Crippen molar-refractivity contribution in [2.24, 2.45) is 17.6 Å². The SMILES string of the molecule is CC(C)COCCNC(=O)C(O)[C@@H](N)CC1CCNC1=O.Cl. The van der Waals surface area contributed by atoms with Crippen LogP contribution in [0, 0.1) is 11.8 Å². The second-order valence-corrected chi connectivity index (χ2v) is 5.88. The van der Waals surface area contributed by atoms with E-state index in [4.69, 9.17) is 10.5 Å². The maximum absolute atomic E-state index is 11.7. The van der Waals surface area contributed by atoms with Gasteiger partial charge in [0.1, 0.15) is 6.10 Å². The van der Waals surface area contributed by atoms with Gasteiger partial charge in [0, 0.05) is 31.7 Å². The fourth-order valence-electron chi connectivity index (χ4n) is 2.19. The number of rotatable bonds is 9. The van der Waals surface area contributed by atoms with Crippen molar-refractivity contribution in [1.29, 1.82) is 0 Å². The molecule has 1 aliphatic rings. The molecule has 1 aliphatic heterocycles. The number of ether oxygens (including phenoxy) is 1. The van der Waals surface area contributed by atoms with E-state index in [0.29, 0.717) is 45.1 Å². The standard InChI is InChI=1S/C14H27N3O4.ClH/c1-9(2)8-21-6-5-17-14(20)12(18)11(15)7-10-3-4-16-13(10)19;/h9-12,18H,3-8,15H2,1-2H3,(H,16,19)(H,17,20);1H/t10?,11-,12?;/m0./s1. The molecule has 0 radical (unpaired) electrons. The van der Waals surface area contributed by atoms with Crippen LogP contribution in [0.4, 0.5) is 0 Å². The number of nitrogens with two attached hydrogens (primary N) is 1. The first-order valence-electron chi connectivity index (χ1n) is 7.48. The number of hydrogen-bond donors (Lipinski definition) is 4. The zero-order valence-corrected chi connectivity index (χ0v) is 14.0. The zero-order valence-electron chi connectivity index (χ0n) is 13.2. The average Bonchev–Trinajstić information content (AvgIpc) is 2.82. The molecule has 0 spiro atoms. The summed E-state index contributed by atoms with van der Waals surface area (Å²) >= 11 is 0. The highest BCUT2D eigenvalue weighted by atomic mass is 35.5. The number of aliphatic hydroxyl groups excluding tert-OH is 1. The van der Waals surface area contributed by atoms with Crippen molar-refractivity contribution in [3.8, 4) is 0 Å². The van der Waals surface area contributed by atoms with Crippen LogP contribution in [-0.4, -0.2) is 55.4 Å². The second-order valence-electron chi connectivity index (χ2n) is 5.88. The topological polar surface area (TPSA) is 114 Å². The molecule has 0 aromatic rings. The van der Waals surface area contributed by atoms with Gasteiger partial charge in [0.15, 0.2) is 0 Å². The number of aliphatic hydroxyl groups is 1. The van der Waals surface area contributed by atoms with Gasteiger partial charge in [-0.05, 0) is 18.8 Å². The lowest BCUT2D eigenvalue weighted by molar-refractivity contribution is -0.131. The molecule has 1 rings (SSSR count). The highest BCUT2D eigenvalue weighted by Crippen LogP contribution is 2.16. The average molecular weight is 338 g/mol. The van der Waals surface area contributed by atoms with E-state index in [-0.39, 0.29) is 24.2 Å². The van der Waals surface area contributed by atoms with Crippen LogP contribution < -0.4 is 16.4 Å². The number of hydrogen-bond acceptors (Lipinski definition) is 5. The minimum atomic E-state index is -1.30. The molecule has 0 aromatic carbocycles. The summed E-state index contributed by atoms with van der Waals surface area (Å²) in [7, 11) is 0. The lowest BCUT2D eigenvalue weighted by atomic mass is 9.95. The Morgan fingerprint density at radius 2 is 2.23 bits per heavy atom. The summed E-state index contributed by atoms with van der Waals surface area (Å²) in [5, 5.41) is 15.2. The van der Waals surface area contributed by atoms with E-state index in [0.717, 1.165) is 0 Å². The van der Waals surface area contributed by atoms with Crippen molar-refractivity contribution in [2.75, 3.05) is 26.3 Å². The van der Waals surface area contributed by atoms with Crippen LogP contribution in [-0.2, 0) is 14.3 Å². The van der Waals surface area contributed by atoms with Crippen LogP contribution in [0.1, 0.15) is 26.7 Å². The Labute approximate surface area is 137 Å². The Kier molecular flexibility index (Phi) is 10.3. The fourth-order valence-corrected chi connectivity index (χ4v) is 2.19. The van der Waals surface area contributed by atoms with Crippen LogP contribution >= 0.6 is 12.4 Å². The van der Waals surface area contributed by atoms with Gasteiger partial charge >= 0.3 is 0 Å². The van der Waals surface area contributed by atoms with E-state index in [1.807, 2.05) is 13.8 Å². The summed E-state index contributed by atoms with van der Waals surface area (Å²) < 4.78 is 5.33. The molecule has 7 nitrogen and oxygen atoms in total. The predicted octanol–water partition coefficient (Wildman–Crippen LogP) is -0.589. The molecule has 3 atom stereocenters. The Hall–Kier alpha value is -0.890. The van der Waals surface area contributed by atoms with Crippen LogP contribution in [0.3, 0.4) is 0 Å². The Bertz CT molecular complexity index is 355. The first-order chi connectivity index (χ1) is 9.91. The second kappa shape index (κ2) is 10.8. The summed E-state index contributed by atoms with van der Waals surface area (Å²) in [4.78, 5) is 23.2. The molecule has 22 heavy (non-hydrogen) atoms. The van der Waals surface area contributed by atoms with Gasteiger partial charge in [-0.1, -0.05) is 13.8 Å². The minimum absolute atomic E-state index is 0. The van der Waals surface area contributed by atoms with Crippen molar-refractivity contribution in [3.63, 3.8) is 0 Å². The highest BCUT2D eigenvalue weighted by Gasteiger charge is 2.30. The summed E-state index contributed by atoms with van der Waals surface area (Å²) in [5.41, 5.74) is 5.81. The molecule has 0 bridgehead atoms. The molecule has 0 aromatic heterocycles. The summed E-state index contributed by atoms with van der Waals surface area (Å²) in [6.45, 7) is 6.08. The van der Waals surface area contributed by atoms with Gasteiger partial charge in [-0.25, -0.2) is 0 Å². The molecule has 1 fully saturated rings. The molecule has 130 valence electrons. The Morgan fingerprint density at radius 3 is 2.77 bits per heavy atom. The quantitative estimate of drug-likeness (QED) is 0.420. The lowest BCUT2D eigenvalue weighted by Gasteiger charge is -2.20. The summed E-state index contributed by atoms with van der Waals surface area (Å²) in [6.07, 6.45) is -0.294. The van der Waals surface area contributed by atoms with Gasteiger partial charge < -0.3 is 26.2 Å². The van der Waals surface area contributed by atoms with E-state index < -0.39 is 18.1 Å². The molecule has 1 saturated heterocycles. The van der Waals surface area contributed by atoms with Crippen molar-refractivity contribution in [3.05, 3.63) is 0 Å². The first-order valence-corrected chi connectivity index (χ1v) is 7.48. The number of nitrogens with one attached hydrogen (secondary N) is 2. The molecule has 2 amide bonds. The fraction of sp³-hybridized carbons (Fsp3) is 0.857. The third-order valence-electron chi connectivity index (χ3n) is 3.39. The van der Waals surface area contributed by atoms with Gasteiger partial charge in [-0.2, -0.15) is 0 Å². The minimum Gasteiger partial charge on any atom is -0.382 e. The van der Waals surface area contributed by atoms with E-state index in [1.165, 1.54) is 0 Å². The van der Waals surface area contributed by atoms with E-state index in [9.17, 15) is 14.7 Å². The molecular weight excluding hydrogens is 310 g/mol. The third kappa shape index (κ3) is 7.40. The van der Waals surface area contributed by atoms with Crippen molar-refractivity contribution >= 4 is 24.2 Å². The monoisotopic (exact) mass is 337 g/mol. The van der Waals surface area contributed by atoms with Gasteiger partial charge in [-0.3, -0.25) is 9.59 Å². The van der Waals surface area contributed by atoms with E-state index in [1.54, 1.807) is 0 Å². The third-order valence-corrected chi connectivity index (χ3v) is 3.39. The predicted molar refractivity (Wildman–Crippen MR) is 85.6 cm³/mol. The van der Waals surface area contributed by atoms with Gasteiger partial charge in [-0.15, -0.1) is 12.4 Å². The highest BCUT2D eigenvalue weighted by molar-refractivity contribution is 5.85. The number of amides is 2. The lowest BCUT2D eigenvalue weighted by Crippen LogP contribution is -2.48.